The van der Waals surface area contributed by atoms with Gasteiger partial charge in [-0.15, -0.1) is 0 Å². The van der Waals surface area contributed by atoms with E-state index in [1.807, 2.05) is 12.1 Å². The van der Waals surface area contributed by atoms with Crippen LogP contribution >= 0.6 is 11.6 Å². The van der Waals surface area contributed by atoms with Gasteiger partial charge in [0.15, 0.2) is 0 Å². The van der Waals surface area contributed by atoms with Crippen LogP contribution in [0.5, 0.6) is 0 Å². The normalized spacial score (nSPS) is 21.4. The van der Waals surface area contributed by atoms with Crippen LogP contribution < -0.4 is 5.73 Å². The summed E-state index contributed by atoms with van der Waals surface area (Å²) in [5.74, 6) is 0.394. The molecule has 0 amide bonds. The molecular weight excluding hydrogens is 294 g/mol. The average Bonchev–Trinajstić information content (AvgIpc) is 2.85. The monoisotopic (exact) mass is 319 g/mol. The molecule has 22 heavy (non-hydrogen) atoms. The van der Waals surface area contributed by atoms with Crippen LogP contribution in [-0.4, -0.2) is 35.1 Å². The smallest absolute Gasteiger partial charge is 0.0495 e. The molecule has 1 fully saturated rings. The predicted molar refractivity (Wildman–Crippen MR) is 94.6 cm³/mol. The predicted octanol–water partition coefficient (Wildman–Crippen LogP) is 3.75. The lowest BCUT2D eigenvalue weighted by atomic mass is 9.85. The summed E-state index contributed by atoms with van der Waals surface area (Å²) in [6.45, 7) is 5.27. The van der Waals surface area contributed by atoms with E-state index in [4.69, 9.17) is 17.3 Å². The molecule has 2 N–H and O–H groups in total. The van der Waals surface area contributed by atoms with E-state index in [9.17, 15) is 0 Å². The standard InChI is InChI=1S/C18H26ClN3/c1-3-22-9-5-4-6-17(22)15(11-20)16-12-21(2)18-10-13(19)7-8-14(16)18/h7-8,10,12,15,17H,3-6,9,11,20H2,1-2H3. The molecule has 120 valence electrons. The van der Waals surface area contributed by atoms with Crippen LogP contribution in [0.3, 0.4) is 0 Å². The molecule has 3 rings (SSSR count). The van der Waals surface area contributed by atoms with Crippen LogP contribution in [-0.2, 0) is 7.05 Å². The number of likely N-dealkylation sites (tertiary alicyclic amines) is 1. The highest BCUT2D eigenvalue weighted by Gasteiger charge is 2.30. The van der Waals surface area contributed by atoms with Crippen molar-refractivity contribution in [2.75, 3.05) is 19.6 Å². The topological polar surface area (TPSA) is 34.2 Å². The number of piperidine rings is 1. The van der Waals surface area contributed by atoms with Gasteiger partial charge >= 0.3 is 0 Å². The van der Waals surface area contributed by atoms with Crippen molar-refractivity contribution >= 4 is 22.5 Å². The lowest BCUT2D eigenvalue weighted by Crippen LogP contribution is -2.45. The highest BCUT2D eigenvalue weighted by Crippen LogP contribution is 2.35. The van der Waals surface area contributed by atoms with E-state index in [2.05, 4.69) is 35.7 Å². The molecule has 0 bridgehead atoms. The Morgan fingerprint density at radius 2 is 2.18 bits per heavy atom. The van der Waals surface area contributed by atoms with Gasteiger partial charge in [0.25, 0.3) is 0 Å². The van der Waals surface area contributed by atoms with Crippen LogP contribution in [0.2, 0.25) is 5.02 Å². The number of benzene rings is 1. The number of fused-ring (bicyclic) bond motifs is 1. The van der Waals surface area contributed by atoms with Crippen LogP contribution in [0.1, 0.15) is 37.7 Å². The zero-order chi connectivity index (χ0) is 15.7. The molecule has 4 heteroatoms. The summed E-state index contributed by atoms with van der Waals surface area (Å²) in [4.78, 5) is 2.61. The number of likely N-dealkylation sites (N-methyl/N-ethyl adjacent to an activating group) is 1. The first-order valence-corrected chi connectivity index (χ1v) is 8.72. The molecule has 1 aromatic heterocycles. The molecule has 2 unspecified atom stereocenters. The molecule has 2 aromatic rings. The van der Waals surface area contributed by atoms with Crippen LogP contribution in [0.15, 0.2) is 24.4 Å². The summed E-state index contributed by atoms with van der Waals surface area (Å²) >= 11 is 6.16. The Balaban J connectivity index is 2.03. The molecule has 0 spiro atoms. The van der Waals surface area contributed by atoms with E-state index >= 15 is 0 Å². The van der Waals surface area contributed by atoms with E-state index in [1.165, 1.54) is 42.3 Å². The minimum atomic E-state index is 0.394. The Kier molecular flexibility index (Phi) is 4.76. The van der Waals surface area contributed by atoms with Crippen molar-refractivity contribution in [3.8, 4) is 0 Å². The molecule has 1 aromatic carbocycles. The Hall–Kier alpha value is -1.03. The third-order valence-corrected chi connectivity index (χ3v) is 5.41. The number of rotatable bonds is 4. The van der Waals surface area contributed by atoms with Gasteiger partial charge in [-0.3, -0.25) is 0 Å². The molecule has 1 aliphatic rings. The number of halogens is 1. The summed E-state index contributed by atoms with van der Waals surface area (Å²) in [7, 11) is 2.09. The lowest BCUT2D eigenvalue weighted by Gasteiger charge is -2.39. The first-order valence-electron chi connectivity index (χ1n) is 8.34. The largest absolute Gasteiger partial charge is 0.350 e. The van der Waals surface area contributed by atoms with E-state index in [0.717, 1.165) is 11.6 Å². The Labute approximate surface area is 138 Å². The van der Waals surface area contributed by atoms with Crippen molar-refractivity contribution in [2.24, 2.45) is 12.8 Å². The number of nitrogens with two attached hydrogens (primary N) is 1. The van der Waals surface area contributed by atoms with E-state index in [1.54, 1.807) is 0 Å². The minimum absolute atomic E-state index is 0.394. The maximum atomic E-state index is 6.22. The van der Waals surface area contributed by atoms with Gasteiger partial charge in [0, 0.05) is 47.7 Å². The van der Waals surface area contributed by atoms with Crippen LogP contribution in [0.4, 0.5) is 0 Å². The highest BCUT2D eigenvalue weighted by atomic mass is 35.5. The number of hydrogen-bond acceptors (Lipinski definition) is 2. The summed E-state index contributed by atoms with van der Waals surface area (Å²) in [5, 5.41) is 2.08. The van der Waals surface area contributed by atoms with Gasteiger partial charge in [0.05, 0.1) is 0 Å². The van der Waals surface area contributed by atoms with Gasteiger partial charge in [-0.25, -0.2) is 0 Å². The first-order chi connectivity index (χ1) is 10.7. The molecule has 0 radical (unpaired) electrons. The molecule has 2 atom stereocenters. The molecule has 0 saturated carbocycles. The third kappa shape index (κ3) is 2.78. The fraction of sp³-hybridized carbons (Fsp3) is 0.556. The van der Waals surface area contributed by atoms with Gasteiger partial charge in [-0.05, 0) is 43.6 Å². The summed E-state index contributed by atoms with van der Waals surface area (Å²) < 4.78 is 2.18. The number of aryl methyl sites for hydroxylation is 1. The van der Waals surface area contributed by atoms with E-state index < -0.39 is 0 Å². The zero-order valence-corrected chi connectivity index (χ0v) is 14.3. The lowest BCUT2D eigenvalue weighted by molar-refractivity contribution is 0.134. The van der Waals surface area contributed by atoms with Crippen molar-refractivity contribution in [3.05, 3.63) is 35.0 Å². The molecular formula is C18H26ClN3. The van der Waals surface area contributed by atoms with E-state index in [0.29, 0.717) is 18.5 Å². The first kappa shape index (κ1) is 15.9. The maximum Gasteiger partial charge on any atom is 0.0495 e. The molecule has 2 heterocycles. The molecule has 1 aliphatic heterocycles. The van der Waals surface area contributed by atoms with Crippen molar-refractivity contribution in [1.82, 2.24) is 9.47 Å². The average molecular weight is 320 g/mol. The van der Waals surface area contributed by atoms with E-state index in [-0.39, 0.29) is 0 Å². The van der Waals surface area contributed by atoms with Crippen molar-refractivity contribution in [1.29, 1.82) is 0 Å². The number of nitrogens with zero attached hydrogens (tertiary/aromatic N) is 2. The second kappa shape index (κ2) is 6.61. The van der Waals surface area contributed by atoms with Gasteiger partial charge in [0.2, 0.25) is 0 Å². The fourth-order valence-corrected chi connectivity index (χ4v) is 4.21. The third-order valence-electron chi connectivity index (χ3n) is 5.17. The molecule has 1 saturated heterocycles. The van der Waals surface area contributed by atoms with Crippen LogP contribution in [0, 0.1) is 0 Å². The van der Waals surface area contributed by atoms with Gasteiger partial charge in [-0.1, -0.05) is 31.0 Å². The molecule has 0 aliphatic carbocycles. The second-order valence-corrected chi connectivity index (χ2v) is 6.83. The number of aromatic nitrogens is 1. The minimum Gasteiger partial charge on any atom is -0.350 e. The summed E-state index contributed by atoms with van der Waals surface area (Å²) in [5.41, 5.74) is 8.79. The van der Waals surface area contributed by atoms with Crippen molar-refractivity contribution in [2.45, 2.75) is 38.1 Å². The Bertz CT molecular complexity index is 649. The number of hydrogen-bond donors (Lipinski definition) is 1. The highest BCUT2D eigenvalue weighted by molar-refractivity contribution is 6.31. The quantitative estimate of drug-likeness (QED) is 0.931. The Morgan fingerprint density at radius 1 is 1.36 bits per heavy atom. The van der Waals surface area contributed by atoms with Gasteiger partial charge in [-0.2, -0.15) is 0 Å². The fourth-order valence-electron chi connectivity index (χ4n) is 4.04. The van der Waals surface area contributed by atoms with Gasteiger partial charge < -0.3 is 15.2 Å². The van der Waals surface area contributed by atoms with Gasteiger partial charge in [0.1, 0.15) is 0 Å². The maximum absolute atomic E-state index is 6.22. The van der Waals surface area contributed by atoms with Crippen molar-refractivity contribution < 1.29 is 0 Å². The van der Waals surface area contributed by atoms with Crippen molar-refractivity contribution in [3.63, 3.8) is 0 Å². The summed E-state index contributed by atoms with van der Waals surface area (Å²) in [6.07, 6.45) is 6.13. The van der Waals surface area contributed by atoms with Crippen LogP contribution in [0.25, 0.3) is 10.9 Å². The zero-order valence-electron chi connectivity index (χ0n) is 13.6. The molecule has 3 nitrogen and oxygen atoms in total. The SMILES string of the molecule is CCN1CCCCC1C(CN)c1cn(C)c2cc(Cl)ccc12. The second-order valence-electron chi connectivity index (χ2n) is 6.39. The Morgan fingerprint density at radius 3 is 2.91 bits per heavy atom. The summed E-state index contributed by atoms with van der Waals surface area (Å²) in [6, 6.07) is 6.74.